The summed E-state index contributed by atoms with van der Waals surface area (Å²) in [6.45, 7) is 0. The van der Waals surface area contributed by atoms with Gasteiger partial charge in [0.25, 0.3) is 0 Å². The van der Waals surface area contributed by atoms with E-state index in [4.69, 9.17) is 10.5 Å². The first kappa shape index (κ1) is 16.6. The van der Waals surface area contributed by atoms with Gasteiger partial charge in [-0.05, 0) is 6.07 Å². The van der Waals surface area contributed by atoms with Crippen molar-refractivity contribution >= 4 is 5.95 Å². The third kappa shape index (κ3) is 3.49. The fourth-order valence-electron chi connectivity index (χ4n) is 2.22. The topological polar surface area (TPSA) is 86.8 Å². The fraction of sp³-hybridized carbons (Fsp3) is 0.125. The van der Waals surface area contributed by atoms with Crippen molar-refractivity contribution in [3.8, 4) is 28.4 Å². The summed E-state index contributed by atoms with van der Waals surface area (Å²) in [7, 11) is 1.23. The molecule has 0 amide bonds. The number of nitrogen functional groups attached to an aromatic ring is 1. The molecule has 9 heteroatoms. The summed E-state index contributed by atoms with van der Waals surface area (Å²) >= 11 is 0. The number of aromatic nitrogens is 4. The van der Waals surface area contributed by atoms with Crippen molar-refractivity contribution in [2.24, 2.45) is 0 Å². The maximum Gasteiger partial charge on any atom is 0.433 e. The third-order valence-electron chi connectivity index (χ3n) is 3.33. The van der Waals surface area contributed by atoms with Crippen molar-refractivity contribution in [2.45, 2.75) is 6.18 Å². The summed E-state index contributed by atoms with van der Waals surface area (Å²) in [5.74, 6) is -0.276. The molecule has 0 atom stereocenters. The minimum Gasteiger partial charge on any atom is -0.481 e. The van der Waals surface area contributed by atoms with Crippen LogP contribution in [0.1, 0.15) is 5.69 Å². The van der Waals surface area contributed by atoms with Gasteiger partial charge < -0.3 is 10.5 Å². The van der Waals surface area contributed by atoms with E-state index in [1.54, 1.807) is 30.3 Å². The average Bonchev–Trinajstić information content (AvgIpc) is 2.61. The van der Waals surface area contributed by atoms with Crippen LogP contribution in [0.3, 0.4) is 0 Å². The largest absolute Gasteiger partial charge is 0.481 e. The van der Waals surface area contributed by atoms with Crippen molar-refractivity contribution < 1.29 is 17.9 Å². The first-order valence-electron chi connectivity index (χ1n) is 7.08. The minimum atomic E-state index is -4.63. The number of nitrogens with two attached hydrogens (primary N) is 1. The van der Waals surface area contributed by atoms with Crippen LogP contribution in [-0.4, -0.2) is 27.3 Å². The lowest BCUT2D eigenvalue weighted by Gasteiger charge is -2.12. The van der Waals surface area contributed by atoms with E-state index in [-0.39, 0.29) is 23.1 Å². The molecule has 0 fully saturated rings. The Bertz CT molecular complexity index is 900. The lowest BCUT2D eigenvalue weighted by atomic mass is 10.0. The molecule has 0 radical (unpaired) electrons. The highest BCUT2D eigenvalue weighted by molar-refractivity contribution is 5.78. The molecule has 25 heavy (non-hydrogen) atoms. The molecule has 2 aromatic heterocycles. The van der Waals surface area contributed by atoms with Crippen molar-refractivity contribution in [2.75, 3.05) is 12.8 Å². The molecule has 6 nitrogen and oxygen atoms in total. The predicted molar refractivity (Wildman–Crippen MR) is 84.5 cm³/mol. The van der Waals surface area contributed by atoms with Crippen LogP contribution in [0.5, 0.6) is 5.88 Å². The summed E-state index contributed by atoms with van der Waals surface area (Å²) in [4.78, 5) is 7.56. The Kier molecular flexibility index (Phi) is 4.22. The van der Waals surface area contributed by atoms with E-state index >= 15 is 0 Å². The molecule has 2 heterocycles. The van der Waals surface area contributed by atoms with Crippen LogP contribution in [-0.2, 0) is 6.18 Å². The van der Waals surface area contributed by atoms with Crippen LogP contribution in [0.4, 0.5) is 19.1 Å². The van der Waals surface area contributed by atoms with Crippen LogP contribution in [0.25, 0.3) is 22.5 Å². The Balaban J connectivity index is 2.24. The van der Waals surface area contributed by atoms with Crippen LogP contribution in [0.2, 0.25) is 0 Å². The number of methoxy groups -OCH3 is 1. The molecule has 1 aromatic carbocycles. The van der Waals surface area contributed by atoms with E-state index in [2.05, 4.69) is 20.2 Å². The predicted octanol–water partition coefficient (Wildman–Crippen LogP) is 3.21. The number of nitrogens with zero attached hydrogens (tertiary/aromatic N) is 4. The number of rotatable bonds is 3. The normalized spacial score (nSPS) is 11.4. The van der Waals surface area contributed by atoms with Gasteiger partial charge in [-0.15, -0.1) is 10.2 Å². The van der Waals surface area contributed by atoms with Gasteiger partial charge in [0, 0.05) is 17.2 Å². The van der Waals surface area contributed by atoms with Crippen molar-refractivity contribution in [3.63, 3.8) is 0 Å². The number of hydrogen-bond acceptors (Lipinski definition) is 6. The first-order valence-corrected chi connectivity index (χ1v) is 7.08. The van der Waals surface area contributed by atoms with Gasteiger partial charge in [-0.1, -0.05) is 30.3 Å². The Hall–Kier alpha value is -3.23. The zero-order chi connectivity index (χ0) is 18.0. The summed E-state index contributed by atoms with van der Waals surface area (Å²) < 4.78 is 44.2. The summed E-state index contributed by atoms with van der Waals surface area (Å²) in [5.41, 5.74) is 5.72. The highest BCUT2D eigenvalue weighted by atomic mass is 19.4. The monoisotopic (exact) mass is 347 g/mol. The van der Waals surface area contributed by atoms with Gasteiger partial charge in [0.2, 0.25) is 11.8 Å². The summed E-state index contributed by atoms with van der Waals surface area (Å²) in [6, 6.07) is 11.0. The molecule has 0 spiro atoms. The molecule has 0 aliphatic rings. The molecule has 3 aromatic rings. The zero-order valence-corrected chi connectivity index (χ0v) is 12.9. The van der Waals surface area contributed by atoms with E-state index in [0.717, 1.165) is 6.07 Å². The number of pyridine rings is 1. The molecule has 3 rings (SSSR count). The fourth-order valence-corrected chi connectivity index (χ4v) is 2.22. The Morgan fingerprint density at radius 1 is 0.920 bits per heavy atom. The second kappa shape index (κ2) is 6.34. The van der Waals surface area contributed by atoms with E-state index in [1.165, 1.54) is 13.2 Å². The lowest BCUT2D eigenvalue weighted by molar-refractivity contribution is -0.141. The number of benzene rings is 1. The van der Waals surface area contributed by atoms with Gasteiger partial charge in [0.05, 0.1) is 7.11 Å². The lowest BCUT2D eigenvalue weighted by Crippen LogP contribution is -2.10. The standard InChI is InChI=1S/C16H12F3N5O/c1-25-12-8-10(7-11(21-12)16(17,18)19)14-13(22-15(20)24-23-14)9-5-3-2-4-6-9/h2-8H,1H3,(H2,20,22,24). The second-order valence-corrected chi connectivity index (χ2v) is 5.01. The number of ether oxygens (including phenoxy) is 1. The average molecular weight is 347 g/mol. The molecule has 2 N–H and O–H groups in total. The highest BCUT2D eigenvalue weighted by Crippen LogP contribution is 2.35. The molecule has 0 aliphatic carbocycles. The first-order chi connectivity index (χ1) is 11.9. The van der Waals surface area contributed by atoms with Gasteiger partial charge in [-0.2, -0.15) is 13.2 Å². The second-order valence-electron chi connectivity index (χ2n) is 5.01. The van der Waals surface area contributed by atoms with E-state index in [1.807, 2.05) is 0 Å². The van der Waals surface area contributed by atoms with Gasteiger partial charge in [0.15, 0.2) is 0 Å². The van der Waals surface area contributed by atoms with Crippen molar-refractivity contribution in [1.29, 1.82) is 0 Å². The molecular weight excluding hydrogens is 335 g/mol. The van der Waals surface area contributed by atoms with Gasteiger partial charge >= 0.3 is 6.18 Å². The Morgan fingerprint density at radius 3 is 2.28 bits per heavy atom. The number of alkyl halides is 3. The molecule has 128 valence electrons. The Labute approximate surface area is 140 Å². The van der Waals surface area contributed by atoms with Gasteiger partial charge in [-0.25, -0.2) is 9.97 Å². The molecule has 0 unspecified atom stereocenters. The maximum atomic E-state index is 13.1. The molecule has 0 aliphatic heterocycles. The van der Waals surface area contributed by atoms with Crippen molar-refractivity contribution in [1.82, 2.24) is 20.2 Å². The zero-order valence-electron chi connectivity index (χ0n) is 12.9. The van der Waals surface area contributed by atoms with Crippen LogP contribution < -0.4 is 10.5 Å². The maximum absolute atomic E-state index is 13.1. The quantitative estimate of drug-likeness (QED) is 0.783. The minimum absolute atomic E-state index is 0.0836. The molecule has 0 bridgehead atoms. The number of hydrogen-bond donors (Lipinski definition) is 1. The highest BCUT2D eigenvalue weighted by Gasteiger charge is 2.34. The number of anilines is 1. The summed E-state index contributed by atoms with van der Waals surface area (Å²) in [6.07, 6.45) is -4.63. The molecular formula is C16H12F3N5O. The van der Waals surface area contributed by atoms with E-state index in [9.17, 15) is 13.2 Å². The summed E-state index contributed by atoms with van der Waals surface area (Å²) in [5, 5.41) is 7.60. The molecule has 0 saturated carbocycles. The van der Waals surface area contributed by atoms with Gasteiger partial charge in [0.1, 0.15) is 17.1 Å². The Morgan fingerprint density at radius 2 is 1.64 bits per heavy atom. The number of halogens is 3. The SMILES string of the molecule is COc1cc(-c2nnc(N)nc2-c2ccccc2)cc(C(F)(F)F)n1. The van der Waals surface area contributed by atoms with Crippen LogP contribution >= 0.6 is 0 Å². The molecule has 0 saturated heterocycles. The third-order valence-corrected chi connectivity index (χ3v) is 3.33. The van der Waals surface area contributed by atoms with Crippen LogP contribution in [0.15, 0.2) is 42.5 Å². The van der Waals surface area contributed by atoms with Gasteiger partial charge in [-0.3, -0.25) is 0 Å². The smallest absolute Gasteiger partial charge is 0.433 e. The van der Waals surface area contributed by atoms with Crippen molar-refractivity contribution in [3.05, 3.63) is 48.2 Å². The van der Waals surface area contributed by atoms with E-state index in [0.29, 0.717) is 11.3 Å². The van der Waals surface area contributed by atoms with Crippen LogP contribution in [0, 0.1) is 0 Å². The van der Waals surface area contributed by atoms with E-state index < -0.39 is 11.9 Å².